The third kappa shape index (κ3) is 3.48. The van der Waals surface area contributed by atoms with Crippen LogP contribution in [-0.2, 0) is 6.42 Å². The van der Waals surface area contributed by atoms with Gasteiger partial charge in [-0.3, -0.25) is 0 Å². The summed E-state index contributed by atoms with van der Waals surface area (Å²) in [6.07, 6.45) is 5.02. The highest BCUT2D eigenvalue weighted by molar-refractivity contribution is 5.69. The van der Waals surface area contributed by atoms with Crippen LogP contribution in [0.4, 0.5) is 17.2 Å². The number of nitrogens with two attached hydrogens (primary N) is 1. The first-order valence-corrected chi connectivity index (χ1v) is 6.74. The zero-order valence-electron chi connectivity index (χ0n) is 11.6. The predicted octanol–water partition coefficient (Wildman–Crippen LogP) is 3.62. The van der Waals surface area contributed by atoms with Crippen molar-refractivity contribution in [1.82, 2.24) is 4.98 Å². The van der Waals surface area contributed by atoms with Crippen LogP contribution in [0.5, 0.6) is 0 Å². The third-order valence-corrected chi connectivity index (χ3v) is 3.08. The lowest BCUT2D eigenvalue weighted by atomic mass is 10.1. The molecule has 0 aliphatic heterocycles. The average molecular weight is 266 g/mol. The number of hydrogen-bond acceptors (Lipinski definition) is 4. The fraction of sp³-hybridized carbons (Fsp3) is 0.250. The van der Waals surface area contributed by atoms with Gasteiger partial charge in [-0.05, 0) is 36.6 Å². The molecule has 0 aliphatic rings. The maximum atomic E-state index is 8.78. The molecule has 0 atom stereocenters. The third-order valence-electron chi connectivity index (χ3n) is 3.08. The molecular weight excluding hydrogens is 248 g/mol. The van der Waals surface area contributed by atoms with Crippen LogP contribution in [0.1, 0.15) is 30.9 Å². The predicted molar refractivity (Wildman–Crippen MR) is 81.7 cm³/mol. The molecule has 2 rings (SSSR count). The minimum absolute atomic E-state index is 0.461. The maximum Gasteiger partial charge on any atom is 0.153 e. The Balaban J connectivity index is 2.08. The first-order valence-electron chi connectivity index (χ1n) is 6.74. The smallest absolute Gasteiger partial charge is 0.153 e. The molecule has 4 heteroatoms. The number of nitrogen functional groups attached to an aromatic ring is 1. The van der Waals surface area contributed by atoms with Crippen molar-refractivity contribution in [2.24, 2.45) is 0 Å². The van der Waals surface area contributed by atoms with Gasteiger partial charge < -0.3 is 11.1 Å². The second-order valence-electron chi connectivity index (χ2n) is 4.70. The maximum absolute atomic E-state index is 8.78. The summed E-state index contributed by atoms with van der Waals surface area (Å²) in [6, 6.07) is 11.9. The van der Waals surface area contributed by atoms with Gasteiger partial charge in [0, 0.05) is 11.9 Å². The number of pyridine rings is 1. The summed E-state index contributed by atoms with van der Waals surface area (Å²) >= 11 is 0. The number of nitrogens with one attached hydrogen (secondary N) is 1. The highest BCUT2D eigenvalue weighted by atomic mass is 15.0. The van der Waals surface area contributed by atoms with E-state index in [-0.39, 0.29) is 0 Å². The quantitative estimate of drug-likeness (QED) is 0.866. The fourth-order valence-electron chi connectivity index (χ4n) is 1.92. The number of aromatic nitrogens is 1. The number of rotatable bonds is 5. The fourth-order valence-corrected chi connectivity index (χ4v) is 1.92. The summed E-state index contributed by atoms with van der Waals surface area (Å²) in [7, 11) is 0. The summed E-state index contributed by atoms with van der Waals surface area (Å²) in [5, 5.41) is 11.9. The Morgan fingerprint density at radius 1 is 1.30 bits per heavy atom. The van der Waals surface area contributed by atoms with E-state index in [2.05, 4.69) is 29.4 Å². The molecule has 20 heavy (non-hydrogen) atoms. The molecule has 0 aliphatic carbocycles. The SMILES string of the molecule is CCCCc1ccc(Nc2ncc(C#N)cc2N)cc1. The van der Waals surface area contributed by atoms with E-state index in [1.165, 1.54) is 24.6 Å². The van der Waals surface area contributed by atoms with Crippen LogP contribution in [0.15, 0.2) is 36.5 Å². The molecule has 0 bridgehead atoms. The number of nitrogens with zero attached hydrogens (tertiary/aromatic N) is 2. The lowest BCUT2D eigenvalue weighted by Crippen LogP contribution is -2.00. The van der Waals surface area contributed by atoms with Crippen molar-refractivity contribution in [3.05, 3.63) is 47.7 Å². The van der Waals surface area contributed by atoms with E-state index in [0.717, 1.165) is 12.1 Å². The highest BCUT2D eigenvalue weighted by Crippen LogP contribution is 2.21. The van der Waals surface area contributed by atoms with Crippen molar-refractivity contribution in [2.45, 2.75) is 26.2 Å². The number of anilines is 3. The number of benzene rings is 1. The molecule has 0 amide bonds. The summed E-state index contributed by atoms with van der Waals surface area (Å²) in [6.45, 7) is 2.19. The van der Waals surface area contributed by atoms with Crippen molar-refractivity contribution in [2.75, 3.05) is 11.1 Å². The van der Waals surface area contributed by atoms with E-state index < -0.39 is 0 Å². The summed E-state index contributed by atoms with van der Waals surface area (Å²) in [5.41, 5.74) is 9.07. The number of nitriles is 1. The molecule has 0 saturated heterocycles. The molecule has 102 valence electrons. The Labute approximate surface area is 119 Å². The van der Waals surface area contributed by atoms with Gasteiger partial charge in [-0.2, -0.15) is 5.26 Å². The Bertz CT molecular complexity index is 611. The molecule has 0 spiro atoms. The number of unbranched alkanes of at least 4 members (excludes halogenated alkanes) is 1. The number of hydrogen-bond donors (Lipinski definition) is 2. The van der Waals surface area contributed by atoms with E-state index in [1.54, 1.807) is 6.07 Å². The topological polar surface area (TPSA) is 74.7 Å². The first-order chi connectivity index (χ1) is 9.72. The largest absolute Gasteiger partial charge is 0.396 e. The monoisotopic (exact) mass is 266 g/mol. The van der Waals surface area contributed by atoms with Gasteiger partial charge in [-0.25, -0.2) is 4.98 Å². The lowest BCUT2D eigenvalue weighted by Gasteiger charge is -2.09. The van der Waals surface area contributed by atoms with E-state index in [1.807, 2.05) is 18.2 Å². The van der Waals surface area contributed by atoms with Crippen molar-refractivity contribution < 1.29 is 0 Å². The molecule has 2 aromatic rings. The van der Waals surface area contributed by atoms with Gasteiger partial charge in [0.1, 0.15) is 6.07 Å². The van der Waals surface area contributed by atoms with Gasteiger partial charge in [-0.15, -0.1) is 0 Å². The minimum Gasteiger partial charge on any atom is -0.396 e. The van der Waals surface area contributed by atoms with Gasteiger partial charge in [0.15, 0.2) is 5.82 Å². The number of aryl methyl sites for hydroxylation is 1. The summed E-state index contributed by atoms with van der Waals surface area (Å²) in [4.78, 5) is 4.16. The van der Waals surface area contributed by atoms with Gasteiger partial charge in [-0.1, -0.05) is 25.5 Å². The van der Waals surface area contributed by atoms with E-state index in [9.17, 15) is 0 Å². The van der Waals surface area contributed by atoms with Crippen LogP contribution in [0.25, 0.3) is 0 Å². The van der Waals surface area contributed by atoms with Crippen LogP contribution >= 0.6 is 0 Å². The Kier molecular flexibility index (Phi) is 4.56. The van der Waals surface area contributed by atoms with Crippen molar-refractivity contribution >= 4 is 17.2 Å². The molecule has 0 fully saturated rings. The second-order valence-corrected chi connectivity index (χ2v) is 4.70. The minimum atomic E-state index is 0.461. The molecule has 1 aromatic carbocycles. The second kappa shape index (κ2) is 6.58. The van der Waals surface area contributed by atoms with Crippen molar-refractivity contribution in [1.29, 1.82) is 5.26 Å². The van der Waals surface area contributed by atoms with Crippen LogP contribution in [0.2, 0.25) is 0 Å². The van der Waals surface area contributed by atoms with Crippen molar-refractivity contribution in [3.8, 4) is 6.07 Å². The summed E-state index contributed by atoms with van der Waals surface area (Å²) in [5.74, 6) is 0.574. The molecule has 0 saturated carbocycles. The molecule has 0 radical (unpaired) electrons. The van der Waals surface area contributed by atoms with Crippen LogP contribution in [0.3, 0.4) is 0 Å². The van der Waals surface area contributed by atoms with Crippen LogP contribution < -0.4 is 11.1 Å². The Hall–Kier alpha value is -2.54. The van der Waals surface area contributed by atoms with Gasteiger partial charge in [0.2, 0.25) is 0 Å². The molecule has 1 aromatic heterocycles. The zero-order valence-corrected chi connectivity index (χ0v) is 11.6. The highest BCUT2D eigenvalue weighted by Gasteiger charge is 2.03. The molecular formula is C16H18N4. The molecule has 4 nitrogen and oxygen atoms in total. The Morgan fingerprint density at radius 2 is 2.05 bits per heavy atom. The zero-order chi connectivity index (χ0) is 14.4. The Morgan fingerprint density at radius 3 is 2.65 bits per heavy atom. The van der Waals surface area contributed by atoms with Crippen LogP contribution in [-0.4, -0.2) is 4.98 Å². The molecule has 3 N–H and O–H groups in total. The standard InChI is InChI=1S/C16H18N4/c1-2-3-4-12-5-7-14(8-6-12)20-16-15(18)9-13(10-17)11-19-16/h5-9,11H,2-4,18H2,1H3,(H,19,20). The first kappa shape index (κ1) is 13.9. The normalized spacial score (nSPS) is 10.0. The van der Waals surface area contributed by atoms with Crippen molar-refractivity contribution in [3.63, 3.8) is 0 Å². The molecule has 1 heterocycles. The van der Waals surface area contributed by atoms with E-state index in [0.29, 0.717) is 17.1 Å². The lowest BCUT2D eigenvalue weighted by molar-refractivity contribution is 0.795. The van der Waals surface area contributed by atoms with Gasteiger partial charge in [0.25, 0.3) is 0 Å². The van der Waals surface area contributed by atoms with Gasteiger partial charge >= 0.3 is 0 Å². The van der Waals surface area contributed by atoms with Crippen LogP contribution in [0, 0.1) is 11.3 Å². The van der Waals surface area contributed by atoms with Gasteiger partial charge in [0.05, 0.1) is 11.3 Å². The summed E-state index contributed by atoms with van der Waals surface area (Å²) < 4.78 is 0. The molecule has 0 unspecified atom stereocenters. The van der Waals surface area contributed by atoms with E-state index >= 15 is 0 Å². The van der Waals surface area contributed by atoms with E-state index in [4.69, 9.17) is 11.0 Å². The average Bonchev–Trinajstić information content (AvgIpc) is 2.48.